The fourth-order valence-corrected chi connectivity index (χ4v) is 1.76. The van der Waals surface area contributed by atoms with E-state index in [9.17, 15) is 9.18 Å². The summed E-state index contributed by atoms with van der Waals surface area (Å²) in [7, 11) is 0. The normalized spacial score (nSPS) is 19.6. The van der Waals surface area contributed by atoms with Gasteiger partial charge in [0.15, 0.2) is 0 Å². The number of amides is 1. The molecule has 0 aromatic heterocycles. The van der Waals surface area contributed by atoms with E-state index in [2.05, 4.69) is 10.6 Å². The summed E-state index contributed by atoms with van der Waals surface area (Å²) in [5.74, 6) is -0.268. The summed E-state index contributed by atoms with van der Waals surface area (Å²) in [6.07, 6.45) is 1.40. The molecule has 0 aliphatic carbocycles. The molecule has 1 atom stereocenters. The van der Waals surface area contributed by atoms with Crippen molar-refractivity contribution in [2.75, 3.05) is 17.6 Å². The van der Waals surface area contributed by atoms with Crippen LogP contribution in [-0.2, 0) is 4.79 Å². The third-order valence-electron chi connectivity index (χ3n) is 2.64. The summed E-state index contributed by atoms with van der Waals surface area (Å²) in [5, 5.41) is 5.93. The first-order valence-corrected chi connectivity index (χ1v) is 5.23. The van der Waals surface area contributed by atoms with Crippen LogP contribution in [0.2, 0.25) is 0 Å². The summed E-state index contributed by atoms with van der Waals surface area (Å²) < 4.78 is 12.8. The van der Waals surface area contributed by atoms with E-state index in [0.29, 0.717) is 24.3 Å². The van der Waals surface area contributed by atoms with Crippen molar-refractivity contribution in [2.24, 2.45) is 0 Å². The van der Waals surface area contributed by atoms with Gasteiger partial charge < -0.3 is 16.4 Å². The van der Waals surface area contributed by atoms with Gasteiger partial charge in [-0.15, -0.1) is 0 Å². The largest absolute Gasteiger partial charge is 0.397 e. The van der Waals surface area contributed by atoms with Gasteiger partial charge >= 0.3 is 0 Å². The topological polar surface area (TPSA) is 67.1 Å². The van der Waals surface area contributed by atoms with E-state index in [1.54, 1.807) is 6.07 Å². The van der Waals surface area contributed by atoms with Gasteiger partial charge in [0.05, 0.1) is 11.4 Å². The van der Waals surface area contributed by atoms with Crippen LogP contribution in [0.5, 0.6) is 0 Å². The molecule has 16 heavy (non-hydrogen) atoms. The van der Waals surface area contributed by atoms with E-state index < -0.39 is 0 Å². The van der Waals surface area contributed by atoms with E-state index in [0.717, 1.165) is 6.42 Å². The minimum absolute atomic E-state index is 0.0823. The Hall–Kier alpha value is -1.78. The molecular formula is C11H14FN3O. The number of halogens is 1. The zero-order valence-corrected chi connectivity index (χ0v) is 8.79. The van der Waals surface area contributed by atoms with E-state index >= 15 is 0 Å². The van der Waals surface area contributed by atoms with Crippen LogP contribution in [0.25, 0.3) is 0 Å². The Balaban J connectivity index is 1.92. The zero-order valence-electron chi connectivity index (χ0n) is 8.79. The quantitative estimate of drug-likeness (QED) is 0.672. The van der Waals surface area contributed by atoms with Crippen LogP contribution in [0.1, 0.15) is 12.8 Å². The number of hydrogen-bond donors (Lipinski definition) is 3. The van der Waals surface area contributed by atoms with Gasteiger partial charge in [0.1, 0.15) is 5.82 Å². The van der Waals surface area contributed by atoms with Crippen molar-refractivity contribution in [1.29, 1.82) is 0 Å². The van der Waals surface area contributed by atoms with Gasteiger partial charge in [0.25, 0.3) is 0 Å². The zero-order chi connectivity index (χ0) is 11.5. The third kappa shape index (κ3) is 2.42. The van der Waals surface area contributed by atoms with Gasteiger partial charge in [-0.1, -0.05) is 0 Å². The summed E-state index contributed by atoms with van der Waals surface area (Å²) >= 11 is 0. The van der Waals surface area contributed by atoms with E-state index in [4.69, 9.17) is 5.73 Å². The van der Waals surface area contributed by atoms with Gasteiger partial charge in [0, 0.05) is 19.0 Å². The summed E-state index contributed by atoms with van der Waals surface area (Å²) in [6.45, 7) is 0.613. The lowest BCUT2D eigenvalue weighted by Crippen LogP contribution is -2.31. The molecule has 0 saturated carbocycles. The highest BCUT2D eigenvalue weighted by Crippen LogP contribution is 2.19. The molecule has 1 fully saturated rings. The molecule has 1 heterocycles. The van der Waals surface area contributed by atoms with Crippen molar-refractivity contribution in [1.82, 2.24) is 5.32 Å². The summed E-state index contributed by atoms with van der Waals surface area (Å²) in [5.41, 5.74) is 6.72. The van der Waals surface area contributed by atoms with Gasteiger partial charge in [-0.25, -0.2) is 4.39 Å². The Morgan fingerprint density at radius 1 is 1.56 bits per heavy atom. The Morgan fingerprint density at radius 3 is 3.00 bits per heavy atom. The van der Waals surface area contributed by atoms with Crippen molar-refractivity contribution in [3.8, 4) is 0 Å². The van der Waals surface area contributed by atoms with E-state index in [-0.39, 0.29) is 17.8 Å². The average molecular weight is 223 g/mol. The van der Waals surface area contributed by atoms with Crippen molar-refractivity contribution in [2.45, 2.75) is 18.9 Å². The van der Waals surface area contributed by atoms with Crippen molar-refractivity contribution < 1.29 is 9.18 Å². The van der Waals surface area contributed by atoms with Gasteiger partial charge in [0.2, 0.25) is 5.91 Å². The Bertz CT molecular complexity index is 408. The van der Waals surface area contributed by atoms with E-state index in [1.165, 1.54) is 12.1 Å². The number of rotatable bonds is 3. The molecule has 4 nitrogen and oxygen atoms in total. The number of benzene rings is 1. The summed E-state index contributed by atoms with van der Waals surface area (Å²) in [4.78, 5) is 11.0. The van der Waals surface area contributed by atoms with Crippen molar-refractivity contribution in [3.05, 3.63) is 24.0 Å². The molecule has 0 radical (unpaired) electrons. The first-order valence-electron chi connectivity index (χ1n) is 5.23. The maximum Gasteiger partial charge on any atom is 0.220 e. The molecule has 1 unspecified atom stereocenters. The van der Waals surface area contributed by atoms with E-state index in [1.807, 2.05) is 0 Å². The molecule has 1 aromatic rings. The number of nitrogen functional groups attached to an aromatic ring is 1. The second-order valence-corrected chi connectivity index (χ2v) is 3.92. The predicted octanol–water partition coefficient (Wildman–Crippen LogP) is 1.10. The lowest BCUT2D eigenvalue weighted by molar-refractivity contribution is -0.119. The van der Waals surface area contributed by atoms with Crippen LogP contribution < -0.4 is 16.4 Å². The fourth-order valence-electron chi connectivity index (χ4n) is 1.76. The van der Waals surface area contributed by atoms with Crippen LogP contribution in [0, 0.1) is 5.82 Å². The first kappa shape index (κ1) is 10.7. The Kier molecular flexibility index (Phi) is 2.94. The second-order valence-electron chi connectivity index (χ2n) is 3.92. The lowest BCUT2D eigenvalue weighted by atomic mass is 10.2. The lowest BCUT2D eigenvalue weighted by Gasteiger charge is -2.13. The SMILES string of the molecule is Nc1cc(F)ccc1NCC1CCC(=O)N1. The molecule has 0 bridgehead atoms. The third-order valence-corrected chi connectivity index (χ3v) is 2.64. The molecule has 1 aliphatic heterocycles. The molecule has 2 rings (SSSR count). The maximum atomic E-state index is 12.8. The Labute approximate surface area is 93.0 Å². The minimum Gasteiger partial charge on any atom is -0.397 e. The smallest absolute Gasteiger partial charge is 0.220 e. The standard InChI is InChI=1S/C11H14FN3O/c12-7-1-3-10(9(13)5-7)14-6-8-2-4-11(16)15-8/h1,3,5,8,14H,2,4,6,13H2,(H,15,16). The highest BCUT2D eigenvalue weighted by molar-refractivity contribution is 5.78. The van der Waals surface area contributed by atoms with Crippen molar-refractivity contribution >= 4 is 17.3 Å². The monoisotopic (exact) mass is 223 g/mol. The van der Waals surface area contributed by atoms with Gasteiger partial charge in [-0.2, -0.15) is 0 Å². The van der Waals surface area contributed by atoms with Crippen LogP contribution >= 0.6 is 0 Å². The maximum absolute atomic E-state index is 12.8. The van der Waals surface area contributed by atoms with Gasteiger partial charge in [-0.05, 0) is 24.6 Å². The fraction of sp³-hybridized carbons (Fsp3) is 0.364. The first-order chi connectivity index (χ1) is 7.65. The van der Waals surface area contributed by atoms with Crippen LogP contribution in [0.4, 0.5) is 15.8 Å². The molecule has 0 spiro atoms. The van der Waals surface area contributed by atoms with Crippen LogP contribution in [0.3, 0.4) is 0 Å². The average Bonchev–Trinajstić information content (AvgIpc) is 2.63. The van der Waals surface area contributed by atoms with Gasteiger partial charge in [-0.3, -0.25) is 4.79 Å². The number of carbonyl (C=O) groups excluding carboxylic acids is 1. The molecular weight excluding hydrogens is 209 g/mol. The highest BCUT2D eigenvalue weighted by atomic mass is 19.1. The molecule has 86 valence electrons. The van der Waals surface area contributed by atoms with Crippen LogP contribution in [0.15, 0.2) is 18.2 Å². The minimum atomic E-state index is -0.350. The summed E-state index contributed by atoms with van der Waals surface area (Å²) in [6, 6.07) is 4.36. The number of nitrogens with one attached hydrogen (secondary N) is 2. The molecule has 1 aliphatic rings. The van der Waals surface area contributed by atoms with Crippen LogP contribution in [-0.4, -0.2) is 18.5 Å². The number of nitrogens with two attached hydrogens (primary N) is 1. The highest BCUT2D eigenvalue weighted by Gasteiger charge is 2.20. The predicted molar refractivity (Wildman–Crippen MR) is 60.5 cm³/mol. The molecule has 5 heteroatoms. The number of anilines is 2. The molecule has 4 N–H and O–H groups in total. The number of hydrogen-bond acceptors (Lipinski definition) is 3. The molecule has 1 amide bonds. The Morgan fingerprint density at radius 2 is 2.38 bits per heavy atom. The molecule has 1 aromatic carbocycles. The number of carbonyl (C=O) groups is 1. The second kappa shape index (κ2) is 4.38. The molecule has 1 saturated heterocycles. The van der Waals surface area contributed by atoms with Crippen molar-refractivity contribution in [3.63, 3.8) is 0 Å².